The van der Waals surface area contributed by atoms with Gasteiger partial charge in [-0.15, -0.1) is 0 Å². The van der Waals surface area contributed by atoms with Crippen LogP contribution in [0.2, 0.25) is 0 Å². The number of hydrogen-bond donors (Lipinski definition) is 3. The van der Waals surface area contributed by atoms with Crippen LogP contribution in [0.3, 0.4) is 0 Å². The predicted octanol–water partition coefficient (Wildman–Crippen LogP) is 4.39. The van der Waals surface area contributed by atoms with E-state index < -0.39 is 0 Å². The number of fused-ring (bicyclic) bond motifs is 1. The first-order chi connectivity index (χ1) is 17.6. The molecule has 1 aliphatic rings. The monoisotopic (exact) mass is 485 g/mol. The van der Waals surface area contributed by atoms with Gasteiger partial charge < -0.3 is 25.1 Å². The molecule has 1 aromatic heterocycles. The summed E-state index contributed by atoms with van der Waals surface area (Å²) in [6.07, 6.45) is 2.10. The van der Waals surface area contributed by atoms with Crippen LogP contribution in [-0.4, -0.2) is 36.3 Å². The summed E-state index contributed by atoms with van der Waals surface area (Å²) < 4.78 is 19.7. The van der Waals surface area contributed by atoms with Crippen LogP contribution in [0.5, 0.6) is 5.75 Å². The summed E-state index contributed by atoms with van der Waals surface area (Å²) in [5.74, 6) is 0.0444. The molecule has 184 valence electrons. The Bertz CT molecular complexity index is 1350. The number of ether oxygens (including phenoxy) is 1. The van der Waals surface area contributed by atoms with E-state index >= 15 is 0 Å². The lowest BCUT2D eigenvalue weighted by Crippen LogP contribution is -2.39. The van der Waals surface area contributed by atoms with E-state index in [1.807, 2.05) is 48.5 Å². The average molecular weight is 486 g/mol. The topological polar surface area (TPSA) is 83.2 Å². The standard InChI is InChI=1S/C29H28FN3O3/c30-22-8-6-21(7-9-22)28-25(14-20(17-34)16-32-27-12-13-31-29(27)35)24-15-23(10-11-26(24)33-28)36-18-19-4-2-1-3-5-19/h1-11,15,17,20,27,32-33H,12-14,16,18H2,(H,31,35)/t20?,27-/m0/s1. The molecule has 0 aliphatic carbocycles. The van der Waals surface area contributed by atoms with Gasteiger partial charge in [0.2, 0.25) is 5.91 Å². The molecule has 4 aromatic rings. The fourth-order valence-corrected chi connectivity index (χ4v) is 4.65. The van der Waals surface area contributed by atoms with Crippen molar-refractivity contribution < 1.29 is 18.7 Å². The van der Waals surface area contributed by atoms with Crippen LogP contribution in [0.1, 0.15) is 17.5 Å². The molecule has 2 heterocycles. The van der Waals surface area contributed by atoms with E-state index in [2.05, 4.69) is 15.6 Å². The molecule has 1 aliphatic heterocycles. The minimum Gasteiger partial charge on any atom is -0.489 e. The highest BCUT2D eigenvalue weighted by atomic mass is 19.1. The molecule has 1 unspecified atom stereocenters. The molecular weight excluding hydrogens is 457 g/mol. The van der Waals surface area contributed by atoms with Gasteiger partial charge in [0, 0.05) is 35.6 Å². The molecular formula is C29H28FN3O3. The summed E-state index contributed by atoms with van der Waals surface area (Å²) >= 11 is 0. The van der Waals surface area contributed by atoms with Crippen LogP contribution in [-0.2, 0) is 22.6 Å². The number of aromatic amines is 1. The quantitative estimate of drug-likeness (QED) is 0.291. The summed E-state index contributed by atoms with van der Waals surface area (Å²) in [6.45, 7) is 1.48. The Kier molecular flexibility index (Phi) is 7.09. The fraction of sp³-hybridized carbons (Fsp3) is 0.241. The molecule has 0 bridgehead atoms. The van der Waals surface area contributed by atoms with Gasteiger partial charge in [-0.05, 0) is 72.0 Å². The number of aromatic nitrogens is 1. The Balaban J connectivity index is 1.45. The number of nitrogens with one attached hydrogen (secondary N) is 3. The van der Waals surface area contributed by atoms with E-state index in [0.29, 0.717) is 32.5 Å². The molecule has 7 heteroatoms. The second-order valence-corrected chi connectivity index (χ2v) is 9.11. The highest BCUT2D eigenvalue weighted by molar-refractivity contribution is 5.92. The first-order valence-electron chi connectivity index (χ1n) is 12.1. The molecule has 3 aromatic carbocycles. The Morgan fingerprint density at radius 2 is 1.89 bits per heavy atom. The second-order valence-electron chi connectivity index (χ2n) is 9.11. The van der Waals surface area contributed by atoms with Crippen molar-refractivity contribution in [3.05, 3.63) is 89.7 Å². The molecule has 0 spiro atoms. The Hall–Kier alpha value is -3.97. The predicted molar refractivity (Wildman–Crippen MR) is 137 cm³/mol. The van der Waals surface area contributed by atoms with Crippen LogP contribution in [0.15, 0.2) is 72.8 Å². The van der Waals surface area contributed by atoms with E-state index in [9.17, 15) is 14.0 Å². The van der Waals surface area contributed by atoms with E-state index in [-0.39, 0.29) is 23.7 Å². The first kappa shape index (κ1) is 23.8. The van der Waals surface area contributed by atoms with Gasteiger partial charge in [0.1, 0.15) is 24.5 Å². The number of halogens is 1. The maximum atomic E-state index is 13.6. The first-order valence-corrected chi connectivity index (χ1v) is 12.1. The second kappa shape index (κ2) is 10.7. The van der Waals surface area contributed by atoms with Gasteiger partial charge in [-0.1, -0.05) is 30.3 Å². The van der Waals surface area contributed by atoms with E-state index in [4.69, 9.17) is 4.74 Å². The third kappa shape index (κ3) is 5.31. The van der Waals surface area contributed by atoms with Gasteiger partial charge in [0.15, 0.2) is 0 Å². The van der Waals surface area contributed by atoms with Crippen molar-refractivity contribution in [2.75, 3.05) is 13.1 Å². The number of amides is 1. The number of carbonyl (C=O) groups is 2. The highest BCUT2D eigenvalue weighted by Gasteiger charge is 2.25. The van der Waals surface area contributed by atoms with Crippen molar-refractivity contribution in [2.24, 2.45) is 5.92 Å². The lowest BCUT2D eigenvalue weighted by Gasteiger charge is -2.16. The van der Waals surface area contributed by atoms with Crippen molar-refractivity contribution in [3.63, 3.8) is 0 Å². The number of hydrogen-bond acceptors (Lipinski definition) is 4. The summed E-state index contributed by atoms with van der Waals surface area (Å²) in [5, 5.41) is 6.99. The van der Waals surface area contributed by atoms with Gasteiger partial charge in [0.05, 0.1) is 6.04 Å². The number of aldehydes is 1. The van der Waals surface area contributed by atoms with Crippen molar-refractivity contribution in [3.8, 4) is 17.0 Å². The third-order valence-electron chi connectivity index (χ3n) is 6.59. The fourth-order valence-electron chi connectivity index (χ4n) is 4.65. The van der Waals surface area contributed by atoms with Crippen LogP contribution in [0.4, 0.5) is 4.39 Å². The van der Waals surface area contributed by atoms with Gasteiger partial charge in [-0.25, -0.2) is 4.39 Å². The number of benzene rings is 3. The van der Waals surface area contributed by atoms with Crippen molar-refractivity contribution in [1.82, 2.24) is 15.6 Å². The van der Waals surface area contributed by atoms with Crippen molar-refractivity contribution >= 4 is 23.1 Å². The van der Waals surface area contributed by atoms with Crippen LogP contribution >= 0.6 is 0 Å². The van der Waals surface area contributed by atoms with Crippen LogP contribution in [0, 0.1) is 11.7 Å². The number of rotatable bonds is 10. The van der Waals surface area contributed by atoms with Gasteiger partial charge >= 0.3 is 0 Å². The number of carbonyl (C=O) groups excluding carboxylic acids is 2. The minimum absolute atomic E-state index is 0.0287. The molecule has 0 radical (unpaired) electrons. The molecule has 0 saturated carbocycles. The van der Waals surface area contributed by atoms with E-state index in [0.717, 1.165) is 45.3 Å². The Labute approximate surface area is 208 Å². The molecule has 2 atom stereocenters. The molecule has 1 fully saturated rings. The SMILES string of the molecule is O=CC(CN[C@H]1CCNC1=O)Cc1c(-c2ccc(F)cc2)[nH]c2ccc(OCc3ccccc3)cc12. The largest absolute Gasteiger partial charge is 0.489 e. The minimum atomic E-state index is -0.342. The molecule has 1 saturated heterocycles. The lowest BCUT2D eigenvalue weighted by molar-refractivity contribution is -0.121. The molecule has 5 rings (SSSR count). The van der Waals surface area contributed by atoms with E-state index in [1.165, 1.54) is 12.1 Å². The normalized spacial score (nSPS) is 16.1. The molecule has 1 amide bonds. The zero-order valence-electron chi connectivity index (χ0n) is 19.8. The smallest absolute Gasteiger partial charge is 0.237 e. The van der Waals surface area contributed by atoms with Gasteiger partial charge in [-0.2, -0.15) is 0 Å². The summed E-state index contributed by atoms with van der Waals surface area (Å²) in [7, 11) is 0. The highest BCUT2D eigenvalue weighted by Crippen LogP contribution is 2.34. The van der Waals surface area contributed by atoms with Crippen LogP contribution in [0.25, 0.3) is 22.2 Å². The maximum absolute atomic E-state index is 13.6. The van der Waals surface area contributed by atoms with Gasteiger partial charge in [0.25, 0.3) is 0 Å². The molecule has 6 nitrogen and oxygen atoms in total. The van der Waals surface area contributed by atoms with Crippen LogP contribution < -0.4 is 15.4 Å². The Morgan fingerprint density at radius 1 is 1.08 bits per heavy atom. The van der Waals surface area contributed by atoms with Gasteiger partial charge in [-0.3, -0.25) is 4.79 Å². The Morgan fingerprint density at radius 3 is 2.61 bits per heavy atom. The summed E-state index contributed by atoms with van der Waals surface area (Å²) in [5.41, 5.74) is 4.61. The van der Waals surface area contributed by atoms with Crippen molar-refractivity contribution in [2.45, 2.75) is 25.5 Å². The van der Waals surface area contributed by atoms with Crippen molar-refractivity contribution in [1.29, 1.82) is 0 Å². The average Bonchev–Trinajstić information content (AvgIpc) is 3.48. The summed E-state index contributed by atoms with van der Waals surface area (Å²) in [4.78, 5) is 27.4. The zero-order valence-corrected chi connectivity index (χ0v) is 19.8. The molecule has 36 heavy (non-hydrogen) atoms. The zero-order chi connectivity index (χ0) is 24.9. The number of H-pyrrole nitrogens is 1. The van der Waals surface area contributed by atoms with E-state index in [1.54, 1.807) is 12.1 Å². The molecule has 3 N–H and O–H groups in total. The summed E-state index contributed by atoms with van der Waals surface area (Å²) in [6, 6.07) is 21.8. The lowest BCUT2D eigenvalue weighted by atomic mass is 9.95. The maximum Gasteiger partial charge on any atom is 0.237 e. The third-order valence-corrected chi connectivity index (χ3v) is 6.59.